The highest BCUT2D eigenvalue weighted by atomic mass is 32.1. The van der Waals surface area contributed by atoms with Gasteiger partial charge in [0.25, 0.3) is 0 Å². The SMILES string of the molecule is CCC(O)c1cn(Cc2nc(C)c(C)s2)nn1. The maximum Gasteiger partial charge on any atom is 0.115 e. The van der Waals surface area contributed by atoms with Crippen LogP contribution in [-0.4, -0.2) is 25.1 Å². The van der Waals surface area contributed by atoms with Crippen LogP contribution in [0, 0.1) is 13.8 Å². The molecule has 0 saturated heterocycles. The van der Waals surface area contributed by atoms with E-state index in [1.807, 2.05) is 13.8 Å². The average molecular weight is 252 g/mol. The van der Waals surface area contributed by atoms with Crippen LogP contribution in [0.3, 0.4) is 0 Å². The number of rotatable bonds is 4. The second kappa shape index (κ2) is 4.93. The van der Waals surface area contributed by atoms with Crippen molar-refractivity contribution >= 4 is 11.3 Å². The van der Waals surface area contributed by atoms with Crippen LogP contribution in [0.1, 0.15) is 40.7 Å². The molecule has 0 bridgehead atoms. The summed E-state index contributed by atoms with van der Waals surface area (Å²) in [5.41, 5.74) is 1.69. The van der Waals surface area contributed by atoms with Crippen molar-refractivity contribution in [3.8, 4) is 0 Å². The number of hydrogen-bond donors (Lipinski definition) is 1. The van der Waals surface area contributed by atoms with Crippen LogP contribution in [0.4, 0.5) is 0 Å². The number of aliphatic hydroxyl groups is 1. The summed E-state index contributed by atoms with van der Waals surface area (Å²) in [7, 11) is 0. The van der Waals surface area contributed by atoms with Gasteiger partial charge in [-0.1, -0.05) is 12.1 Å². The first-order chi connectivity index (χ1) is 8.10. The normalized spacial score (nSPS) is 12.9. The van der Waals surface area contributed by atoms with Crippen molar-refractivity contribution in [2.75, 3.05) is 0 Å². The smallest absolute Gasteiger partial charge is 0.115 e. The summed E-state index contributed by atoms with van der Waals surface area (Å²) >= 11 is 1.67. The summed E-state index contributed by atoms with van der Waals surface area (Å²) in [6.45, 7) is 6.59. The van der Waals surface area contributed by atoms with E-state index in [0.717, 1.165) is 10.7 Å². The van der Waals surface area contributed by atoms with Crippen LogP contribution >= 0.6 is 11.3 Å². The van der Waals surface area contributed by atoms with Crippen molar-refractivity contribution in [3.05, 3.63) is 27.5 Å². The van der Waals surface area contributed by atoms with Gasteiger partial charge >= 0.3 is 0 Å². The van der Waals surface area contributed by atoms with Gasteiger partial charge in [-0.25, -0.2) is 9.67 Å². The summed E-state index contributed by atoms with van der Waals surface area (Å²) < 4.78 is 1.71. The number of thiazole rings is 1. The lowest BCUT2D eigenvalue weighted by molar-refractivity contribution is 0.168. The van der Waals surface area contributed by atoms with Crippen LogP contribution in [0.15, 0.2) is 6.20 Å². The predicted molar refractivity (Wildman–Crippen MR) is 66.0 cm³/mol. The summed E-state index contributed by atoms with van der Waals surface area (Å²) in [4.78, 5) is 5.68. The summed E-state index contributed by atoms with van der Waals surface area (Å²) in [5.74, 6) is 0. The van der Waals surface area contributed by atoms with Crippen LogP contribution in [0.5, 0.6) is 0 Å². The van der Waals surface area contributed by atoms with Gasteiger partial charge in [-0.3, -0.25) is 0 Å². The van der Waals surface area contributed by atoms with E-state index in [1.54, 1.807) is 22.2 Å². The Morgan fingerprint density at radius 2 is 2.24 bits per heavy atom. The largest absolute Gasteiger partial charge is 0.387 e. The minimum atomic E-state index is -0.525. The second-order valence-corrected chi connectivity index (χ2v) is 5.30. The third kappa shape index (κ3) is 2.70. The molecular weight excluding hydrogens is 236 g/mol. The molecule has 0 aliphatic carbocycles. The molecular formula is C11H16N4OS. The zero-order chi connectivity index (χ0) is 12.4. The second-order valence-electron chi connectivity index (χ2n) is 4.01. The fraction of sp³-hybridized carbons (Fsp3) is 0.545. The van der Waals surface area contributed by atoms with Gasteiger partial charge in [0.15, 0.2) is 0 Å². The Balaban J connectivity index is 2.11. The fourth-order valence-corrected chi connectivity index (χ4v) is 2.42. The molecule has 2 rings (SSSR count). The summed E-state index contributed by atoms with van der Waals surface area (Å²) in [6.07, 6.45) is 1.90. The first kappa shape index (κ1) is 12.2. The molecule has 1 N–H and O–H groups in total. The molecule has 0 saturated carbocycles. The predicted octanol–water partition coefficient (Wildman–Crippen LogP) is 1.84. The lowest BCUT2D eigenvalue weighted by Gasteiger charge is -2.00. The number of aryl methyl sites for hydroxylation is 2. The topological polar surface area (TPSA) is 63.8 Å². The highest BCUT2D eigenvalue weighted by Gasteiger charge is 2.11. The molecule has 6 heteroatoms. The Labute approximate surface area is 104 Å². The van der Waals surface area contributed by atoms with E-state index in [9.17, 15) is 5.11 Å². The van der Waals surface area contributed by atoms with E-state index in [2.05, 4.69) is 22.2 Å². The zero-order valence-electron chi connectivity index (χ0n) is 10.2. The molecule has 0 amide bonds. The highest BCUT2D eigenvalue weighted by Crippen LogP contribution is 2.18. The maximum absolute atomic E-state index is 9.63. The molecule has 2 aromatic rings. The lowest BCUT2D eigenvalue weighted by Crippen LogP contribution is -2.00. The molecule has 0 aliphatic heterocycles. The van der Waals surface area contributed by atoms with E-state index < -0.39 is 6.10 Å². The molecule has 0 aromatic carbocycles. The molecule has 17 heavy (non-hydrogen) atoms. The molecule has 92 valence electrons. The number of aromatic nitrogens is 4. The van der Waals surface area contributed by atoms with Gasteiger partial charge in [0.05, 0.1) is 24.5 Å². The van der Waals surface area contributed by atoms with E-state index >= 15 is 0 Å². The Hall–Kier alpha value is -1.27. The van der Waals surface area contributed by atoms with Crippen LogP contribution in [-0.2, 0) is 6.54 Å². The van der Waals surface area contributed by atoms with Gasteiger partial charge in [0.2, 0.25) is 0 Å². The Bertz CT molecular complexity index is 486. The van der Waals surface area contributed by atoms with Gasteiger partial charge in [0, 0.05) is 4.88 Å². The van der Waals surface area contributed by atoms with Crippen molar-refractivity contribution in [1.29, 1.82) is 0 Å². The van der Waals surface area contributed by atoms with Crippen LogP contribution < -0.4 is 0 Å². The van der Waals surface area contributed by atoms with Crippen LogP contribution in [0.25, 0.3) is 0 Å². The molecule has 0 fully saturated rings. The van der Waals surface area contributed by atoms with Gasteiger partial charge in [-0.05, 0) is 20.3 Å². The van der Waals surface area contributed by atoms with Gasteiger partial charge < -0.3 is 5.11 Å². The fourth-order valence-electron chi connectivity index (χ4n) is 1.50. The quantitative estimate of drug-likeness (QED) is 0.902. The van der Waals surface area contributed by atoms with E-state index in [4.69, 9.17) is 0 Å². The van der Waals surface area contributed by atoms with Crippen molar-refractivity contribution in [2.24, 2.45) is 0 Å². The molecule has 1 unspecified atom stereocenters. The average Bonchev–Trinajstić information content (AvgIpc) is 2.87. The summed E-state index contributed by atoms with van der Waals surface area (Å²) in [5, 5.41) is 18.6. The number of aliphatic hydroxyl groups excluding tert-OH is 1. The van der Waals surface area contributed by atoms with Gasteiger partial charge in [-0.15, -0.1) is 16.4 Å². The van der Waals surface area contributed by atoms with Crippen molar-refractivity contribution in [2.45, 2.75) is 39.8 Å². The highest BCUT2D eigenvalue weighted by molar-refractivity contribution is 7.11. The maximum atomic E-state index is 9.63. The minimum Gasteiger partial charge on any atom is -0.387 e. The number of nitrogens with zero attached hydrogens (tertiary/aromatic N) is 4. The van der Waals surface area contributed by atoms with Gasteiger partial charge in [-0.2, -0.15) is 0 Å². The summed E-state index contributed by atoms with van der Waals surface area (Å²) in [6, 6.07) is 0. The molecule has 0 spiro atoms. The lowest BCUT2D eigenvalue weighted by atomic mass is 10.2. The Morgan fingerprint density at radius 3 is 2.82 bits per heavy atom. The third-order valence-electron chi connectivity index (χ3n) is 2.65. The van der Waals surface area contributed by atoms with E-state index in [-0.39, 0.29) is 0 Å². The molecule has 2 aromatic heterocycles. The molecule has 5 nitrogen and oxygen atoms in total. The number of hydrogen-bond acceptors (Lipinski definition) is 5. The molecule has 0 aliphatic rings. The van der Waals surface area contributed by atoms with Crippen molar-refractivity contribution in [1.82, 2.24) is 20.0 Å². The Morgan fingerprint density at radius 1 is 1.47 bits per heavy atom. The van der Waals surface area contributed by atoms with Gasteiger partial charge in [0.1, 0.15) is 10.7 Å². The standard InChI is InChI=1S/C11H16N4OS/c1-4-10(16)9-5-15(14-13-9)6-11-12-7(2)8(3)17-11/h5,10,16H,4,6H2,1-3H3. The van der Waals surface area contributed by atoms with E-state index in [0.29, 0.717) is 18.7 Å². The van der Waals surface area contributed by atoms with Crippen LogP contribution in [0.2, 0.25) is 0 Å². The first-order valence-electron chi connectivity index (χ1n) is 5.61. The third-order valence-corrected chi connectivity index (χ3v) is 3.71. The monoisotopic (exact) mass is 252 g/mol. The zero-order valence-corrected chi connectivity index (χ0v) is 11.0. The molecule has 2 heterocycles. The molecule has 1 atom stereocenters. The van der Waals surface area contributed by atoms with E-state index in [1.165, 1.54) is 4.88 Å². The minimum absolute atomic E-state index is 0.525. The Kier molecular flexibility index (Phi) is 3.54. The molecule has 0 radical (unpaired) electrons. The van der Waals surface area contributed by atoms with Crippen molar-refractivity contribution in [3.63, 3.8) is 0 Å². The van der Waals surface area contributed by atoms with Crippen molar-refractivity contribution < 1.29 is 5.11 Å². The first-order valence-corrected chi connectivity index (χ1v) is 6.42.